The molecule has 0 saturated carbocycles. The number of imidazole rings is 2. The Kier molecular flexibility index (Phi) is 12.2. The Labute approximate surface area is 311 Å². The molecule has 20 nitrogen and oxygen atoms in total. The van der Waals surface area contributed by atoms with Crippen LogP contribution in [0.1, 0.15) is 97.4 Å². The third-order valence-electron chi connectivity index (χ3n) is 8.54. The molecule has 20 heteroatoms. The van der Waals surface area contributed by atoms with Crippen molar-refractivity contribution >= 4 is 46.6 Å². The summed E-state index contributed by atoms with van der Waals surface area (Å²) in [6.45, 7) is 11.4. The number of aryl methyl sites for hydroxylation is 4. The van der Waals surface area contributed by atoms with E-state index in [2.05, 4.69) is 54.2 Å². The van der Waals surface area contributed by atoms with Crippen molar-refractivity contribution in [2.75, 3.05) is 24.7 Å². The Morgan fingerprint density at radius 3 is 1.46 bits per heavy atom. The quantitative estimate of drug-likeness (QED) is 0.0877. The smallest absolute Gasteiger partial charge is 0.360 e. The second-order valence-corrected chi connectivity index (χ2v) is 12.2. The summed E-state index contributed by atoms with van der Waals surface area (Å²) >= 11 is 0. The van der Waals surface area contributed by atoms with Crippen LogP contribution in [-0.4, -0.2) is 73.8 Å². The van der Waals surface area contributed by atoms with Crippen molar-refractivity contribution in [1.82, 2.24) is 48.6 Å². The molecule has 5 rings (SSSR count). The van der Waals surface area contributed by atoms with Gasteiger partial charge in [-0.2, -0.15) is 19.6 Å². The number of nitrogens with zero attached hydrogens (tertiary/aromatic N) is 14. The lowest BCUT2D eigenvalue weighted by atomic mass is 10.2. The van der Waals surface area contributed by atoms with Crippen LogP contribution in [0.3, 0.4) is 0 Å². The Bertz CT molecular complexity index is 2060. The van der Waals surface area contributed by atoms with Crippen LogP contribution >= 0.6 is 0 Å². The number of nitrogens with two attached hydrogens (primary N) is 2. The Morgan fingerprint density at radius 1 is 0.685 bits per heavy atom. The van der Waals surface area contributed by atoms with E-state index in [1.807, 2.05) is 0 Å². The zero-order chi connectivity index (χ0) is 39.1. The van der Waals surface area contributed by atoms with Gasteiger partial charge >= 0.3 is 11.9 Å². The number of azo groups is 2. The molecular weight excluding hydrogens is 696 g/mol. The van der Waals surface area contributed by atoms with Crippen molar-refractivity contribution in [2.24, 2.45) is 34.6 Å². The standard InChI is InChI=1S/C34H46N16O4/c1-9-13-15-21-25(41-43-31-27(33(51)53-11-3)39-19(5)47(31)7)29(35)49(45-21)23-17-24(38-18-37-23)50-30(36)26(22(46-50)16-14-10-2)42-44-32-28(34(52)54-12-4)40-20(6)48(32)8/h17-18H,9-16,35-36H2,1-8H3/b43-41+,44-42+. The molecule has 0 radical (unpaired) electrons. The van der Waals surface area contributed by atoms with Gasteiger partial charge in [-0.3, -0.25) is 0 Å². The van der Waals surface area contributed by atoms with E-state index in [0.29, 0.717) is 58.9 Å². The van der Waals surface area contributed by atoms with Gasteiger partial charge in [0.25, 0.3) is 0 Å². The maximum absolute atomic E-state index is 12.6. The molecule has 5 heterocycles. The van der Waals surface area contributed by atoms with Gasteiger partial charge in [0, 0.05) is 20.2 Å². The van der Waals surface area contributed by atoms with Crippen molar-refractivity contribution in [1.29, 1.82) is 0 Å². The zero-order valence-corrected chi connectivity index (χ0v) is 31.9. The second-order valence-electron chi connectivity index (χ2n) is 12.2. The van der Waals surface area contributed by atoms with Gasteiger partial charge in [0.2, 0.25) is 0 Å². The Balaban J connectivity index is 1.56. The molecule has 0 amide bonds. The predicted molar refractivity (Wildman–Crippen MR) is 198 cm³/mol. The average Bonchev–Trinajstić information content (AvgIpc) is 3.84. The number of unbranched alkanes of at least 4 members (excludes halogenated alkanes) is 2. The van der Waals surface area contributed by atoms with Gasteiger partial charge in [-0.1, -0.05) is 26.7 Å². The fourth-order valence-corrected chi connectivity index (χ4v) is 5.40. The van der Waals surface area contributed by atoms with Crippen molar-refractivity contribution in [3.05, 3.63) is 46.8 Å². The molecule has 5 aromatic rings. The van der Waals surface area contributed by atoms with Crippen LogP contribution in [0.25, 0.3) is 11.6 Å². The highest BCUT2D eigenvalue weighted by atomic mass is 16.5. The molecule has 0 aliphatic carbocycles. The van der Waals surface area contributed by atoms with Crippen molar-refractivity contribution in [3.63, 3.8) is 0 Å². The molecule has 0 saturated heterocycles. The largest absolute Gasteiger partial charge is 0.461 e. The van der Waals surface area contributed by atoms with Gasteiger partial charge in [0.15, 0.2) is 57.7 Å². The van der Waals surface area contributed by atoms with E-state index < -0.39 is 11.9 Å². The lowest BCUT2D eigenvalue weighted by molar-refractivity contribution is 0.0511. The predicted octanol–water partition coefficient (Wildman–Crippen LogP) is 5.97. The van der Waals surface area contributed by atoms with E-state index in [0.717, 1.165) is 25.7 Å². The van der Waals surface area contributed by atoms with Crippen LogP contribution < -0.4 is 11.5 Å². The molecule has 0 atom stereocenters. The molecule has 0 bridgehead atoms. The first-order chi connectivity index (χ1) is 25.9. The number of hydrogen-bond donors (Lipinski definition) is 2. The van der Waals surface area contributed by atoms with E-state index in [1.165, 1.54) is 15.7 Å². The Morgan fingerprint density at radius 2 is 1.09 bits per heavy atom. The van der Waals surface area contributed by atoms with Gasteiger partial charge in [-0.25, -0.2) is 29.5 Å². The van der Waals surface area contributed by atoms with Crippen LogP contribution in [0, 0.1) is 13.8 Å². The number of carbonyl (C=O) groups excluding carboxylic acids is 2. The number of anilines is 2. The minimum atomic E-state index is -0.604. The highest BCUT2D eigenvalue weighted by molar-refractivity contribution is 5.92. The summed E-state index contributed by atoms with van der Waals surface area (Å²) in [6, 6.07) is 1.63. The minimum Gasteiger partial charge on any atom is -0.461 e. The fraction of sp³-hybridized carbons (Fsp3) is 0.471. The number of ether oxygens (including phenoxy) is 2. The average molecular weight is 743 g/mol. The lowest BCUT2D eigenvalue weighted by Crippen LogP contribution is -2.09. The topological polar surface area (TPSA) is 251 Å². The van der Waals surface area contributed by atoms with Crippen molar-refractivity contribution in [2.45, 2.75) is 80.1 Å². The summed E-state index contributed by atoms with van der Waals surface area (Å²) in [5.74, 6) is 1.33. The molecule has 0 unspecified atom stereocenters. The van der Waals surface area contributed by atoms with Crippen LogP contribution in [0.4, 0.5) is 34.6 Å². The molecule has 286 valence electrons. The maximum Gasteiger partial charge on any atom is 0.360 e. The molecule has 5 aromatic heterocycles. The summed E-state index contributed by atoms with van der Waals surface area (Å²) in [4.78, 5) is 42.8. The monoisotopic (exact) mass is 742 g/mol. The van der Waals surface area contributed by atoms with Gasteiger partial charge in [-0.05, 0) is 53.4 Å². The van der Waals surface area contributed by atoms with E-state index in [1.54, 1.807) is 57.0 Å². The van der Waals surface area contributed by atoms with Crippen LogP contribution in [-0.2, 0) is 36.4 Å². The molecule has 54 heavy (non-hydrogen) atoms. The van der Waals surface area contributed by atoms with Crippen LogP contribution in [0.15, 0.2) is 32.9 Å². The van der Waals surface area contributed by atoms with Gasteiger partial charge in [0.05, 0.1) is 24.6 Å². The number of carbonyl (C=O) groups is 2. The summed E-state index contributed by atoms with van der Waals surface area (Å²) in [5.41, 5.74) is 15.3. The SMILES string of the molecule is CCCCc1nn(-c2cc(-n3nc(CCCC)c(/N=N/c4c(C(=O)OCC)nc(C)n4C)c3N)ncn2)c(N)c1/N=N/c1c(C(=O)OCC)nc(C)n1C. The van der Waals surface area contributed by atoms with Crippen molar-refractivity contribution in [3.8, 4) is 11.6 Å². The number of esters is 2. The molecule has 0 spiro atoms. The number of hydrogen-bond acceptors (Lipinski definition) is 16. The molecule has 4 N–H and O–H groups in total. The highest BCUT2D eigenvalue weighted by Crippen LogP contribution is 2.35. The first-order valence-corrected chi connectivity index (χ1v) is 17.8. The van der Waals surface area contributed by atoms with Gasteiger partial charge < -0.3 is 30.1 Å². The summed E-state index contributed by atoms with van der Waals surface area (Å²) in [5, 5.41) is 27.3. The van der Waals surface area contributed by atoms with Crippen molar-refractivity contribution < 1.29 is 19.1 Å². The summed E-state index contributed by atoms with van der Waals surface area (Å²) in [7, 11) is 3.46. The molecule has 0 aliphatic heterocycles. The second kappa shape index (κ2) is 17.0. The van der Waals surface area contributed by atoms with Gasteiger partial charge in [-0.15, -0.1) is 20.5 Å². The first kappa shape index (κ1) is 38.9. The molecular formula is C34H46N16O4. The summed E-state index contributed by atoms with van der Waals surface area (Å²) in [6.07, 6.45) is 5.90. The Hall–Kier alpha value is -6.34. The zero-order valence-electron chi connectivity index (χ0n) is 31.9. The minimum absolute atomic E-state index is 0.0472. The lowest BCUT2D eigenvalue weighted by Gasteiger charge is -2.06. The number of nitrogen functional groups attached to an aromatic ring is 2. The normalized spacial score (nSPS) is 11.7. The van der Waals surface area contributed by atoms with Crippen LogP contribution in [0.2, 0.25) is 0 Å². The number of rotatable bonds is 16. The molecule has 0 aliphatic rings. The third kappa shape index (κ3) is 7.86. The van der Waals surface area contributed by atoms with Crippen LogP contribution in [0.5, 0.6) is 0 Å². The molecule has 0 fully saturated rings. The highest BCUT2D eigenvalue weighted by Gasteiger charge is 2.25. The number of aromatic nitrogens is 10. The third-order valence-corrected chi connectivity index (χ3v) is 8.54. The molecule has 0 aromatic carbocycles. The van der Waals surface area contributed by atoms with E-state index in [9.17, 15) is 9.59 Å². The summed E-state index contributed by atoms with van der Waals surface area (Å²) < 4.78 is 16.5. The van der Waals surface area contributed by atoms with Gasteiger partial charge in [0.1, 0.15) is 18.0 Å². The van der Waals surface area contributed by atoms with E-state index in [4.69, 9.17) is 31.1 Å². The maximum atomic E-state index is 12.6. The first-order valence-electron chi connectivity index (χ1n) is 17.8. The fourth-order valence-electron chi connectivity index (χ4n) is 5.40. The van der Waals surface area contributed by atoms with E-state index in [-0.39, 0.29) is 47.9 Å². The van der Waals surface area contributed by atoms with E-state index >= 15 is 0 Å².